The highest BCUT2D eigenvalue weighted by molar-refractivity contribution is 7.84. The van der Waals surface area contributed by atoms with E-state index < -0.39 is 52.1 Å². The first-order chi connectivity index (χ1) is 13.1. The summed E-state index contributed by atoms with van der Waals surface area (Å²) < 4.78 is 17.5. The molecule has 2 heterocycles. The Bertz CT molecular complexity index is 568. The summed E-state index contributed by atoms with van der Waals surface area (Å²) in [7, 11) is 0.301. The van der Waals surface area contributed by atoms with Crippen molar-refractivity contribution in [2.24, 2.45) is 5.92 Å². The Morgan fingerprint density at radius 1 is 1.32 bits per heavy atom. The predicted molar refractivity (Wildman–Crippen MR) is 107 cm³/mol. The van der Waals surface area contributed by atoms with Crippen LogP contribution in [-0.4, -0.2) is 97.5 Å². The van der Waals surface area contributed by atoms with Crippen molar-refractivity contribution in [2.45, 2.75) is 80.4 Å². The molecule has 8 nitrogen and oxygen atoms in total. The number of alkyl halides is 1. The fraction of sp³-hybridized carbons (Fsp3) is 0.944. The van der Waals surface area contributed by atoms with Crippen LogP contribution in [0.1, 0.15) is 33.1 Å². The molecule has 10 atom stereocenters. The number of likely N-dealkylation sites (tertiary alicyclic amines) is 1. The number of nitrogens with zero attached hydrogens (tertiary/aromatic N) is 1. The molecule has 0 aliphatic carbocycles. The maximum atomic E-state index is 12.9. The Hall–Kier alpha value is -0.290. The zero-order chi connectivity index (χ0) is 21.2. The molecule has 2 aliphatic rings. The predicted octanol–water partition coefficient (Wildman–Crippen LogP) is -0.595. The van der Waals surface area contributed by atoms with Crippen LogP contribution in [0.15, 0.2) is 0 Å². The zero-order valence-corrected chi connectivity index (χ0v) is 18.4. The van der Waals surface area contributed by atoms with Gasteiger partial charge in [0.05, 0.1) is 28.3 Å². The van der Waals surface area contributed by atoms with E-state index in [4.69, 9.17) is 16.3 Å². The van der Waals surface area contributed by atoms with Crippen molar-refractivity contribution >= 4 is 28.3 Å². The van der Waals surface area contributed by atoms with Gasteiger partial charge in [0.15, 0.2) is 5.44 Å². The molecule has 0 bridgehead atoms. The summed E-state index contributed by atoms with van der Waals surface area (Å²) in [6, 6.07) is -1.13. The van der Waals surface area contributed by atoms with E-state index >= 15 is 0 Å². The first kappa shape index (κ1) is 24.0. The van der Waals surface area contributed by atoms with Crippen LogP contribution < -0.4 is 5.32 Å². The Labute approximate surface area is 174 Å². The third kappa shape index (κ3) is 5.24. The summed E-state index contributed by atoms with van der Waals surface area (Å²) in [5.74, 6) is 0.238. The van der Waals surface area contributed by atoms with Crippen LogP contribution in [0.3, 0.4) is 0 Å². The van der Waals surface area contributed by atoms with Gasteiger partial charge in [-0.15, -0.1) is 11.6 Å². The molecule has 0 spiro atoms. The molecule has 2 fully saturated rings. The minimum atomic E-state index is -1.60. The number of ether oxygens (including phenoxy) is 1. The fourth-order valence-electron chi connectivity index (χ4n) is 4.19. The molecule has 10 heteroatoms. The van der Waals surface area contributed by atoms with Crippen molar-refractivity contribution in [3.63, 3.8) is 0 Å². The molecule has 0 saturated carbocycles. The largest absolute Gasteiger partial charge is 0.388 e. The lowest BCUT2D eigenvalue weighted by Crippen LogP contribution is -2.66. The van der Waals surface area contributed by atoms with E-state index in [9.17, 15) is 24.3 Å². The molecule has 0 aromatic carbocycles. The SMILES string of the molecule is CCC[C@@H]1C[C@H](C(=O)N[C@@H]([C@@H]2O[C@H]([S@](C)=O)[C@H](O)[C@H](O)[C@H]2O)[C@H](C)Cl)N(C)C1. The van der Waals surface area contributed by atoms with E-state index in [-0.39, 0.29) is 11.9 Å². The number of halogens is 1. The number of carbonyl (C=O) groups is 1. The van der Waals surface area contributed by atoms with Crippen molar-refractivity contribution < 1.29 is 29.1 Å². The first-order valence-electron chi connectivity index (χ1n) is 9.75. The van der Waals surface area contributed by atoms with Crippen LogP contribution >= 0.6 is 11.6 Å². The van der Waals surface area contributed by atoms with Gasteiger partial charge in [0, 0.05) is 12.8 Å². The van der Waals surface area contributed by atoms with Gasteiger partial charge in [0.25, 0.3) is 0 Å². The number of aliphatic hydroxyl groups excluding tert-OH is 3. The summed E-state index contributed by atoms with van der Waals surface area (Å²) in [6.45, 7) is 4.61. The quantitative estimate of drug-likeness (QED) is 0.390. The summed E-state index contributed by atoms with van der Waals surface area (Å²) in [6.07, 6.45) is -1.41. The Balaban J connectivity index is 2.14. The number of amides is 1. The van der Waals surface area contributed by atoms with E-state index in [1.54, 1.807) is 6.92 Å². The van der Waals surface area contributed by atoms with Gasteiger partial charge in [0.2, 0.25) is 5.91 Å². The molecular weight excluding hydrogens is 408 g/mol. The monoisotopic (exact) mass is 440 g/mol. The molecule has 0 unspecified atom stereocenters. The van der Waals surface area contributed by atoms with E-state index in [1.165, 1.54) is 6.26 Å². The maximum absolute atomic E-state index is 12.9. The van der Waals surface area contributed by atoms with Gasteiger partial charge in [0.1, 0.15) is 24.4 Å². The molecule has 2 aliphatic heterocycles. The Kier molecular flexibility index (Phi) is 8.69. The molecule has 0 radical (unpaired) electrons. The van der Waals surface area contributed by atoms with E-state index in [1.807, 2.05) is 11.9 Å². The fourth-order valence-corrected chi connectivity index (χ4v) is 5.24. The van der Waals surface area contributed by atoms with Gasteiger partial charge in [-0.2, -0.15) is 0 Å². The van der Waals surface area contributed by atoms with Gasteiger partial charge in [-0.05, 0) is 32.7 Å². The van der Waals surface area contributed by atoms with Crippen LogP contribution in [0.4, 0.5) is 0 Å². The van der Waals surface area contributed by atoms with Gasteiger partial charge in [-0.1, -0.05) is 13.3 Å². The van der Waals surface area contributed by atoms with Crippen LogP contribution in [0, 0.1) is 5.92 Å². The summed E-state index contributed by atoms with van der Waals surface area (Å²) >= 11 is 6.28. The lowest BCUT2D eigenvalue weighted by molar-refractivity contribution is -0.206. The van der Waals surface area contributed by atoms with Crippen molar-refractivity contribution in [3.05, 3.63) is 0 Å². The zero-order valence-electron chi connectivity index (χ0n) is 16.8. The Morgan fingerprint density at radius 3 is 2.50 bits per heavy atom. The molecule has 2 rings (SSSR count). The highest BCUT2D eigenvalue weighted by atomic mass is 35.5. The number of hydrogen-bond acceptors (Lipinski definition) is 7. The lowest BCUT2D eigenvalue weighted by Gasteiger charge is -2.43. The molecule has 4 N–H and O–H groups in total. The molecule has 1 amide bonds. The minimum absolute atomic E-state index is 0.218. The second kappa shape index (κ2) is 10.1. The molecule has 2 saturated heterocycles. The van der Waals surface area contributed by atoms with E-state index in [2.05, 4.69) is 12.2 Å². The average molecular weight is 441 g/mol. The highest BCUT2D eigenvalue weighted by Crippen LogP contribution is 2.29. The Morgan fingerprint density at radius 2 is 1.96 bits per heavy atom. The highest BCUT2D eigenvalue weighted by Gasteiger charge is 2.49. The number of likely N-dealkylation sites (N-methyl/N-ethyl adjacent to an activating group) is 1. The van der Waals surface area contributed by atoms with Crippen LogP contribution in [0.25, 0.3) is 0 Å². The van der Waals surface area contributed by atoms with Crippen molar-refractivity contribution in [3.8, 4) is 0 Å². The molecule has 0 aromatic heterocycles. The maximum Gasteiger partial charge on any atom is 0.237 e. The first-order valence-corrected chi connectivity index (χ1v) is 11.8. The summed E-state index contributed by atoms with van der Waals surface area (Å²) in [5, 5.41) is 32.8. The average Bonchev–Trinajstić information content (AvgIpc) is 2.98. The van der Waals surface area contributed by atoms with Gasteiger partial charge >= 0.3 is 0 Å². The standard InChI is InChI=1S/C18H33ClN2O6S/c1-5-6-10-7-11(21(3)8-10)17(25)20-12(9(2)19)16-14(23)13(22)15(24)18(27-16)28(4)26/h9-16,18,22-24H,5-8H2,1-4H3,(H,20,25)/t9-,10+,11+,12+,13+,14+,15+,16-,18+,28-/m0/s1. The molecule has 0 aromatic rings. The second-order valence-electron chi connectivity index (χ2n) is 8.00. The van der Waals surface area contributed by atoms with E-state index in [0.29, 0.717) is 5.92 Å². The van der Waals surface area contributed by atoms with Crippen molar-refractivity contribution in [1.82, 2.24) is 10.2 Å². The number of rotatable bonds is 7. The van der Waals surface area contributed by atoms with Gasteiger partial charge in [-0.25, -0.2) is 0 Å². The smallest absolute Gasteiger partial charge is 0.237 e. The van der Waals surface area contributed by atoms with E-state index in [0.717, 1.165) is 25.8 Å². The number of aliphatic hydroxyl groups is 3. The number of hydrogen-bond donors (Lipinski definition) is 4. The second-order valence-corrected chi connectivity index (χ2v) is 10.1. The van der Waals surface area contributed by atoms with Crippen LogP contribution in [-0.2, 0) is 20.3 Å². The summed E-state index contributed by atoms with van der Waals surface area (Å²) in [5.41, 5.74) is -1.18. The van der Waals surface area contributed by atoms with Crippen molar-refractivity contribution in [1.29, 1.82) is 0 Å². The third-order valence-corrected chi connectivity index (χ3v) is 7.04. The molecule has 28 heavy (non-hydrogen) atoms. The van der Waals surface area contributed by atoms with Gasteiger partial charge < -0.3 is 25.4 Å². The van der Waals surface area contributed by atoms with Crippen molar-refractivity contribution in [2.75, 3.05) is 19.8 Å². The molecular formula is C18H33ClN2O6S. The van der Waals surface area contributed by atoms with Gasteiger partial charge in [-0.3, -0.25) is 13.9 Å². The van der Waals surface area contributed by atoms with Crippen LogP contribution in [0.5, 0.6) is 0 Å². The minimum Gasteiger partial charge on any atom is -0.388 e. The lowest BCUT2D eigenvalue weighted by atomic mass is 9.92. The molecule has 164 valence electrons. The third-order valence-electron chi connectivity index (χ3n) is 5.73. The topological polar surface area (TPSA) is 119 Å². The summed E-state index contributed by atoms with van der Waals surface area (Å²) in [4.78, 5) is 14.9. The normalized spacial score (nSPS) is 40.1. The number of carbonyl (C=O) groups excluding carboxylic acids is 1. The number of nitrogens with one attached hydrogen (secondary N) is 1. The van der Waals surface area contributed by atoms with Crippen LogP contribution in [0.2, 0.25) is 0 Å².